The second-order valence-electron chi connectivity index (χ2n) is 12.6. The number of aryl methyl sites for hydroxylation is 3. The van der Waals surface area contributed by atoms with Gasteiger partial charge in [-0.15, -0.1) is 0 Å². The molecule has 0 heterocycles. The summed E-state index contributed by atoms with van der Waals surface area (Å²) in [5.74, 6) is -1.66. The fourth-order valence-electron chi connectivity index (χ4n) is 4.18. The Kier molecular flexibility index (Phi) is 12.0. The smallest absolute Gasteiger partial charge is 0.338 e. The molecule has 0 saturated heterocycles. The van der Waals surface area contributed by atoms with Crippen molar-refractivity contribution < 1.29 is 43.2 Å². The Bertz CT molecular complexity index is 1430. The molecule has 242 valence electrons. The van der Waals surface area contributed by atoms with Crippen LogP contribution in [0.2, 0.25) is 0 Å². The lowest BCUT2D eigenvalue weighted by Gasteiger charge is -2.33. The number of rotatable bonds is 15. The normalized spacial score (nSPS) is 14.1. The number of hydrogen-bond donors (Lipinski definition) is 1. The highest BCUT2D eigenvalue weighted by Crippen LogP contribution is 2.21. The minimum atomic E-state index is -1.36. The van der Waals surface area contributed by atoms with Gasteiger partial charge in [0.15, 0.2) is 11.2 Å². The zero-order valence-corrected chi connectivity index (χ0v) is 27.2. The molecule has 2 atom stereocenters. The third kappa shape index (κ3) is 11.1. The van der Waals surface area contributed by atoms with E-state index in [2.05, 4.69) is 0 Å². The minimum absolute atomic E-state index is 0.00475. The van der Waals surface area contributed by atoms with E-state index in [1.165, 1.54) is 0 Å². The first-order valence-corrected chi connectivity index (χ1v) is 14.8. The highest BCUT2D eigenvalue weighted by molar-refractivity contribution is 5.90. The second kappa shape index (κ2) is 15.3. The maximum Gasteiger partial charge on any atom is 0.338 e. The molecule has 3 rings (SSSR count). The number of esters is 3. The maximum absolute atomic E-state index is 13.1. The van der Waals surface area contributed by atoms with Crippen molar-refractivity contribution in [3.63, 3.8) is 0 Å². The number of carbonyl (C=O) groups excluding carboxylic acids is 3. The summed E-state index contributed by atoms with van der Waals surface area (Å²) in [5.41, 5.74) is 0.481. The topological polar surface area (TPSA) is 118 Å². The van der Waals surface area contributed by atoms with Gasteiger partial charge in [-0.3, -0.25) is 0 Å². The molecule has 0 aliphatic carbocycles. The molecular weight excluding hydrogens is 576 g/mol. The van der Waals surface area contributed by atoms with Gasteiger partial charge < -0.3 is 28.8 Å². The fraction of sp³-hybridized carbons (Fsp3) is 0.417. The number of hydrogen-bond acceptors (Lipinski definition) is 9. The molecule has 1 N–H and O–H groups in total. The predicted molar refractivity (Wildman–Crippen MR) is 169 cm³/mol. The molecule has 0 aliphatic heterocycles. The molecule has 0 saturated carbocycles. The van der Waals surface area contributed by atoms with Crippen LogP contribution in [-0.4, -0.2) is 72.9 Å². The molecule has 2 unspecified atom stereocenters. The van der Waals surface area contributed by atoms with Crippen molar-refractivity contribution >= 4 is 17.9 Å². The SMILES string of the molecule is Cc1ccc(C(=O)OC(C)(C)COCC(C)(COCC(C)(CO)OC(=O)c2ccc(C)cc2)OC(=O)c2ccc(C)cc2)cc1. The van der Waals surface area contributed by atoms with E-state index in [9.17, 15) is 19.5 Å². The summed E-state index contributed by atoms with van der Waals surface area (Å²) in [6.07, 6.45) is 0. The summed E-state index contributed by atoms with van der Waals surface area (Å²) < 4.78 is 29.0. The van der Waals surface area contributed by atoms with Gasteiger partial charge in [0.1, 0.15) is 5.60 Å². The number of aliphatic hydroxyl groups excluding tert-OH is 1. The molecule has 9 heteroatoms. The predicted octanol–water partition coefficient (Wildman–Crippen LogP) is 5.80. The first-order chi connectivity index (χ1) is 21.1. The summed E-state index contributed by atoms with van der Waals surface area (Å²) in [4.78, 5) is 38.5. The van der Waals surface area contributed by atoms with Crippen LogP contribution in [0.25, 0.3) is 0 Å². The molecule has 0 amide bonds. The third-order valence-electron chi connectivity index (χ3n) is 6.92. The zero-order chi connectivity index (χ0) is 33.3. The summed E-state index contributed by atoms with van der Waals surface area (Å²) in [5, 5.41) is 10.1. The molecule has 0 radical (unpaired) electrons. The Hall–Kier alpha value is -4.05. The van der Waals surface area contributed by atoms with Gasteiger partial charge in [0.05, 0.1) is 49.7 Å². The van der Waals surface area contributed by atoms with Gasteiger partial charge in [-0.2, -0.15) is 0 Å². The van der Waals surface area contributed by atoms with Gasteiger partial charge in [0, 0.05) is 0 Å². The summed E-state index contributed by atoms with van der Waals surface area (Å²) >= 11 is 0. The molecule has 0 fully saturated rings. The van der Waals surface area contributed by atoms with Crippen LogP contribution >= 0.6 is 0 Å². The number of aliphatic hydroxyl groups is 1. The van der Waals surface area contributed by atoms with Crippen molar-refractivity contribution in [1.82, 2.24) is 0 Å². The van der Waals surface area contributed by atoms with Crippen LogP contribution in [0, 0.1) is 20.8 Å². The van der Waals surface area contributed by atoms with Crippen molar-refractivity contribution in [3.05, 3.63) is 106 Å². The maximum atomic E-state index is 13.1. The number of benzene rings is 3. The average molecular weight is 621 g/mol. The van der Waals surface area contributed by atoms with Gasteiger partial charge in [0.25, 0.3) is 0 Å². The molecule has 0 aromatic heterocycles. The van der Waals surface area contributed by atoms with Crippen molar-refractivity contribution in [3.8, 4) is 0 Å². The van der Waals surface area contributed by atoms with Crippen LogP contribution in [0.1, 0.15) is 75.5 Å². The van der Waals surface area contributed by atoms with Gasteiger partial charge in [-0.05, 0) is 84.9 Å². The Morgan fingerprint density at radius 2 is 0.822 bits per heavy atom. The lowest BCUT2D eigenvalue weighted by Crippen LogP contribution is -2.46. The van der Waals surface area contributed by atoms with Crippen molar-refractivity contribution in [1.29, 1.82) is 0 Å². The zero-order valence-electron chi connectivity index (χ0n) is 27.2. The van der Waals surface area contributed by atoms with Crippen LogP contribution in [-0.2, 0) is 23.7 Å². The molecular formula is C36H44O9. The summed E-state index contributed by atoms with van der Waals surface area (Å²) in [6.45, 7) is 11.5. The third-order valence-corrected chi connectivity index (χ3v) is 6.92. The van der Waals surface area contributed by atoms with E-state index in [1.807, 2.05) is 32.9 Å². The first kappa shape index (κ1) is 35.4. The molecule has 45 heavy (non-hydrogen) atoms. The van der Waals surface area contributed by atoms with Gasteiger partial charge in [0.2, 0.25) is 0 Å². The Balaban J connectivity index is 1.66. The fourth-order valence-corrected chi connectivity index (χ4v) is 4.18. The van der Waals surface area contributed by atoms with E-state index in [-0.39, 0.29) is 26.4 Å². The highest BCUT2D eigenvalue weighted by atomic mass is 16.6. The second-order valence-corrected chi connectivity index (χ2v) is 12.6. The van der Waals surface area contributed by atoms with Crippen molar-refractivity contribution in [2.45, 2.75) is 65.3 Å². The van der Waals surface area contributed by atoms with E-state index in [4.69, 9.17) is 23.7 Å². The lowest BCUT2D eigenvalue weighted by molar-refractivity contribution is -0.136. The molecule has 0 spiro atoms. The number of ether oxygens (including phenoxy) is 5. The van der Waals surface area contributed by atoms with Gasteiger partial charge >= 0.3 is 17.9 Å². The first-order valence-electron chi connectivity index (χ1n) is 14.8. The van der Waals surface area contributed by atoms with Gasteiger partial charge in [-0.25, -0.2) is 14.4 Å². The highest BCUT2D eigenvalue weighted by Gasteiger charge is 2.35. The standard InChI is InChI=1S/C36H44O9/c1-25-8-14-28(15-9-25)31(38)43-34(4,5)21-41-23-36(7,45-33(40)30-18-12-27(3)13-19-30)24-42-22-35(6,20-37)44-32(39)29-16-10-26(2)11-17-29/h8-19,37H,20-24H2,1-7H3. The van der Waals surface area contributed by atoms with Crippen LogP contribution in [0.15, 0.2) is 72.8 Å². The largest absolute Gasteiger partial charge is 0.454 e. The van der Waals surface area contributed by atoms with E-state index in [1.54, 1.807) is 88.4 Å². The van der Waals surface area contributed by atoms with E-state index in [0.717, 1.165) is 16.7 Å². The summed E-state index contributed by atoms with van der Waals surface area (Å²) in [7, 11) is 0. The van der Waals surface area contributed by atoms with Crippen molar-refractivity contribution in [2.24, 2.45) is 0 Å². The molecule has 3 aromatic rings. The lowest BCUT2D eigenvalue weighted by atomic mass is 10.1. The Labute approximate surface area is 265 Å². The van der Waals surface area contributed by atoms with Crippen LogP contribution in [0.5, 0.6) is 0 Å². The van der Waals surface area contributed by atoms with E-state index in [0.29, 0.717) is 16.7 Å². The molecule has 0 bridgehead atoms. The monoisotopic (exact) mass is 620 g/mol. The van der Waals surface area contributed by atoms with Crippen molar-refractivity contribution in [2.75, 3.05) is 33.0 Å². The summed E-state index contributed by atoms with van der Waals surface area (Å²) in [6, 6.07) is 20.9. The van der Waals surface area contributed by atoms with Crippen LogP contribution in [0.4, 0.5) is 0 Å². The van der Waals surface area contributed by atoms with Crippen LogP contribution in [0.3, 0.4) is 0 Å². The Morgan fingerprint density at radius 1 is 0.511 bits per heavy atom. The molecule has 3 aromatic carbocycles. The number of carbonyl (C=O) groups is 3. The van der Waals surface area contributed by atoms with E-state index < -0.39 is 41.3 Å². The quantitative estimate of drug-likeness (QED) is 0.166. The Morgan fingerprint density at radius 3 is 1.20 bits per heavy atom. The molecule has 9 nitrogen and oxygen atoms in total. The van der Waals surface area contributed by atoms with E-state index >= 15 is 0 Å². The van der Waals surface area contributed by atoms with Gasteiger partial charge in [-0.1, -0.05) is 53.1 Å². The minimum Gasteiger partial charge on any atom is -0.454 e. The average Bonchev–Trinajstić information content (AvgIpc) is 2.97. The van der Waals surface area contributed by atoms with Crippen LogP contribution < -0.4 is 0 Å². The molecule has 0 aliphatic rings.